The third kappa shape index (κ3) is 7.18. The van der Waals surface area contributed by atoms with E-state index in [4.69, 9.17) is 14.1 Å². The predicted molar refractivity (Wildman–Crippen MR) is 138 cm³/mol. The van der Waals surface area contributed by atoms with Crippen LogP contribution in [0.3, 0.4) is 0 Å². The number of benzene rings is 1. The number of piperidine rings is 1. The Hall–Kier alpha value is -1.65. The predicted octanol–water partition coefficient (Wildman–Crippen LogP) is 3.82. The van der Waals surface area contributed by atoms with Crippen LogP contribution in [0, 0.1) is 12.8 Å². The first-order chi connectivity index (χ1) is 15.2. The summed E-state index contributed by atoms with van der Waals surface area (Å²) in [6.45, 7) is 10.8. The zero-order chi connectivity index (χ0) is 21.5. The van der Waals surface area contributed by atoms with Crippen molar-refractivity contribution in [2.45, 2.75) is 45.7 Å². The molecule has 0 radical (unpaired) electrons. The molecule has 1 unspecified atom stereocenters. The van der Waals surface area contributed by atoms with Gasteiger partial charge in [-0.1, -0.05) is 17.7 Å². The molecule has 1 aromatic carbocycles. The van der Waals surface area contributed by atoms with Gasteiger partial charge in [-0.25, -0.2) is 9.98 Å². The minimum absolute atomic E-state index is 0. The molecule has 0 amide bonds. The highest BCUT2D eigenvalue weighted by molar-refractivity contribution is 14.0. The molecule has 32 heavy (non-hydrogen) atoms. The summed E-state index contributed by atoms with van der Waals surface area (Å²) in [5.41, 5.74) is 3.04. The standard InChI is InChI=1S/C24H35N5O2.HI/c1-3-25-24(28-21-8-11-29(12-9-21)15-19-10-13-30-16-19)26-14-22-17-31-23(27-22)20-6-4-18(2)5-7-20;/h4-7,17,19,21H,3,8-16H2,1-2H3,(H2,25,26,28);1H. The molecular formula is C24H36IN5O2. The molecule has 3 heterocycles. The Balaban J connectivity index is 0.00000289. The Morgan fingerprint density at radius 2 is 1.97 bits per heavy atom. The molecule has 1 atom stereocenters. The number of aliphatic imine (C=N–C) groups is 1. The highest BCUT2D eigenvalue weighted by Crippen LogP contribution is 2.20. The number of guanidine groups is 1. The molecule has 176 valence electrons. The van der Waals surface area contributed by atoms with Gasteiger partial charge < -0.3 is 24.7 Å². The number of aromatic nitrogens is 1. The lowest BCUT2D eigenvalue weighted by Crippen LogP contribution is -2.49. The van der Waals surface area contributed by atoms with Crippen molar-refractivity contribution < 1.29 is 9.15 Å². The lowest BCUT2D eigenvalue weighted by atomic mass is 10.0. The smallest absolute Gasteiger partial charge is 0.226 e. The van der Waals surface area contributed by atoms with Gasteiger partial charge in [0, 0.05) is 44.4 Å². The zero-order valence-electron chi connectivity index (χ0n) is 19.2. The highest BCUT2D eigenvalue weighted by atomic mass is 127. The van der Waals surface area contributed by atoms with Crippen LogP contribution in [-0.4, -0.2) is 61.3 Å². The Morgan fingerprint density at radius 3 is 2.66 bits per heavy atom. The number of likely N-dealkylation sites (tertiary alicyclic amines) is 1. The van der Waals surface area contributed by atoms with Crippen molar-refractivity contribution in [3.63, 3.8) is 0 Å². The van der Waals surface area contributed by atoms with Gasteiger partial charge in [-0.05, 0) is 51.2 Å². The van der Waals surface area contributed by atoms with Gasteiger partial charge in [0.2, 0.25) is 5.89 Å². The average molecular weight is 553 g/mol. The Kier molecular flexibility index (Phi) is 9.80. The lowest BCUT2D eigenvalue weighted by Gasteiger charge is -2.34. The number of oxazole rings is 1. The van der Waals surface area contributed by atoms with Crippen LogP contribution >= 0.6 is 24.0 Å². The minimum Gasteiger partial charge on any atom is -0.444 e. The van der Waals surface area contributed by atoms with E-state index in [1.54, 1.807) is 6.26 Å². The topological polar surface area (TPSA) is 74.9 Å². The average Bonchev–Trinajstić information content (AvgIpc) is 3.46. The Bertz CT molecular complexity index is 840. The first-order valence-electron chi connectivity index (χ1n) is 11.6. The molecule has 7 nitrogen and oxygen atoms in total. The molecule has 2 aromatic rings. The van der Waals surface area contributed by atoms with Gasteiger partial charge in [0.25, 0.3) is 0 Å². The number of nitrogens with zero attached hydrogens (tertiary/aromatic N) is 3. The van der Waals surface area contributed by atoms with E-state index in [-0.39, 0.29) is 24.0 Å². The van der Waals surface area contributed by atoms with Gasteiger partial charge >= 0.3 is 0 Å². The van der Waals surface area contributed by atoms with E-state index >= 15 is 0 Å². The van der Waals surface area contributed by atoms with E-state index < -0.39 is 0 Å². The third-order valence-corrected chi connectivity index (χ3v) is 6.06. The fourth-order valence-electron chi connectivity index (χ4n) is 4.23. The quantitative estimate of drug-likeness (QED) is 0.309. The highest BCUT2D eigenvalue weighted by Gasteiger charge is 2.24. The van der Waals surface area contributed by atoms with Gasteiger partial charge in [0.05, 0.1) is 13.2 Å². The van der Waals surface area contributed by atoms with Crippen LogP contribution in [0.5, 0.6) is 0 Å². The number of hydrogen-bond acceptors (Lipinski definition) is 5. The maximum Gasteiger partial charge on any atom is 0.226 e. The fourth-order valence-corrected chi connectivity index (χ4v) is 4.23. The van der Waals surface area contributed by atoms with Crippen LogP contribution in [-0.2, 0) is 11.3 Å². The maximum absolute atomic E-state index is 5.66. The van der Waals surface area contributed by atoms with Crippen LogP contribution in [0.25, 0.3) is 11.5 Å². The van der Waals surface area contributed by atoms with E-state index in [0.717, 1.165) is 68.8 Å². The van der Waals surface area contributed by atoms with E-state index in [9.17, 15) is 0 Å². The van der Waals surface area contributed by atoms with E-state index in [0.29, 0.717) is 18.5 Å². The number of rotatable bonds is 7. The second-order valence-corrected chi connectivity index (χ2v) is 8.65. The summed E-state index contributed by atoms with van der Waals surface area (Å²) in [6, 6.07) is 8.65. The van der Waals surface area contributed by atoms with Crippen molar-refractivity contribution in [3.8, 4) is 11.5 Å². The molecule has 2 saturated heterocycles. The third-order valence-electron chi connectivity index (χ3n) is 6.06. The number of aryl methyl sites for hydroxylation is 1. The zero-order valence-corrected chi connectivity index (χ0v) is 21.5. The number of hydrogen-bond donors (Lipinski definition) is 2. The monoisotopic (exact) mass is 553 g/mol. The van der Waals surface area contributed by atoms with Crippen molar-refractivity contribution in [1.29, 1.82) is 0 Å². The number of nitrogens with one attached hydrogen (secondary N) is 2. The van der Waals surface area contributed by atoms with Crippen molar-refractivity contribution in [2.24, 2.45) is 10.9 Å². The molecule has 0 spiro atoms. The van der Waals surface area contributed by atoms with Crippen molar-refractivity contribution in [3.05, 3.63) is 41.8 Å². The van der Waals surface area contributed by atoms with Gasteiger partial charge in [-0.15, -0.1) is 24.0 Å². The molecule has 2 aliphatic heterocycles. The van der Waals surface area contributed by atoms with Gasteiger partial charge in [-0.2, -0.15) is 0 Å². The van der Waals surface area contributed by atoms with Gasteiger partial charge in [0.1, 0.15) is 12.0 Å². The normalized spacial score (nSPS) is 20.2. The summed E-state index contributed by atoms with van der Waals surface area (Å²) in [4.78, 5) is 11.9. The van der Waals surface area contributed by atoms with Crippen molar-refractivity contribution in [2.75, 3.05) is 39.4 Å². The molecule has 0 saturated carbocycles. The summed E-state index contributed by atoms with van der Waals surface area (Å²) >= 11 is 0. The molecule has 0 bridgehead atoms. The molecule has 2 N–H and O–H groups in total. The molecule has 1 aromatic heterocycles. The van der Waals surface area contributed by atoms with Crippen LogP contribution in [0.4, 0.5) is 0 Å². The maximum atomic E-state index is 5.66. The summed E-state index contributed by atoms with van der Waals surface area (Å²) < 4.78 is 11.2. The molecule has 0 aliphatic carbocycles. The molecule has 2 aliphatic rings. The first kappa shape index (κ1) is 25.0. The summed E-state index contributed by atoms with van der Waals surface area (Å²) in [5.74, 6) is 2.21. The lowest BCUT2D eigenvalue weighted by molar-refractivity contribution is 0.150. The van der Waals surface area contributed by atoms with Crippen LogP contribution in [0.15, 0.2) is 39.9 Å². The largest absolute Gasteiger partial charge is 0.444 e. The van der Waals surface area contributed by atoms with Gasteiger partial charge in [-0.3, -0.25) is 0 Å². The van der Waals surface area contributed by atoms with Crippen LogP contribution in [0.2, 0.25) is 0 Å². The molecule has 2 fully saturated rings. The van der Waals surface area contributed by atoms with Gasteiger partial charge in [0.15, 0.2) is 5.96 Å². The SMILES string of the molecule is CCNC(=NCc1coc(-c2ccc(C)cc2)n1)NC1CCN(CC2CCOC2)CC1.I. The fraction of sp³-hybridized carbons (Fsp3) is 0.583. The van der Waals surface area contributed by atoms with Crippen molar-refractivity contribution >= 4 is 29.9 Å². The number of halogens is 1. The summed E-state index contributed by atoms with van der Waals surface area (Å²) in [5, 5.41) is 6.98. The van der Waals surface area contributed by atoms with E-state index in [2.05, 4.69) is 46.5 Å². The number of ether oxygens (including phenoxy) is 1. The molecular weight excluding hydrogens is 517 g/mol. The second kappa shape index (κ2) is 12.6. The van der Waals surface area contributed by atoms with Crippen LogP contribution in [0.1, 0.15) is 37.4 Å². The van der Waals surface area contributed by atoms with Crippen molar-refractivity contribution in [1.82, 2.24) is 20.5 Å². The summed E-state index contributed by atoms with van der Waals surface area (Å²) in [7, 11) is 0. The van der Waals surface area contributed by atoms with Crippen LogP contribution < -0.4 is 10.6 Å². The van der Waals surface area contributed by atoms with E-state index in [1.807, 2.05) is 12.1 Å². The Morgan fingerprint density at radius 1 is 1.19 bits per heavy atom. The summed E-state index contributed by atoms with van der Waals surface area (Å²) in [6.07, 6.45) is 5.19. The first-order valence-corrected chi connectivity index (χ1v) is 11.6. The second-order valence-electron chi connectivity index (χ2n) is 8.65. The van der Waals surface area contributed by atoms with E-state index in [1.165, 1.54) is 18.5 Å². The Labute approximate surface area is 208 Å². The molecule has 8 heteroatoms. The minimum atomic E-state index is 0. The molecule has 4 rings (SSSR count).